The molecule has 0 atom stereocenters. The van der Waals surface area contributed by atoms with E-state index in [1.54, 1.807) is 6.07 Å². The average Bonchev–Trinajstić information content (AvgIpc) is 2.92. The normalized spacial score (nSPS) is 12.1. The van der Waals surface area contributed by atoms with Gasteiger partial charge in [0, 0.05) is 12.2 Å². The summed E-state index contributed by atoms with van der Waals surface area (Å²) in [5.74, 6) is 0. The van der Waals surface area contributed by atoms with Crippen molar-refractivity contribution in [1.82, 2.24) is 14.5 Å². The van der Waals surface area contributed by atoms with Gasteiger partial charge in [0.2, 0.25) is 0 Å². The second-order valence-corrected chi connectivity index (χ2v) is 6.64. The predicted molar refractivity (Wildman–Crippen MR) is 94.2 cm³/mol. The van der Waals surface area contributed by atoms with Crippen LogP contribution in [0.25, 0.3) is 11.0 Å². The molecule has 0 aliphatic heterocycles. The van der Waals surface area contributed by atoms with Gasteiger partial charge < -0.3 is 4.57 Å². The molecule has 0 spiro atoms. The molecule has 0 bridgehead atoms. The molecule has 25 heavy (non-hydrogen) atoms. The lowest BCUT2D eigenvalue weighted by Crippen LogP contribution is -2.08. The molecule has 2 aromatic heterocycles. The molecular weight excluding hydrogens is 371 g/mol. The van der Waals surface area contributed by atoms with Gasteiger partial charge in [-0.25, -0.2) is 9.97 Å². The van der Waals surface area contributed by atoms with E-state index in [2.05, 4.69) is 9.97 Å². The fraction of sp³-hybridized carbons (Fsp3) is 0.294. The molecule has 0 saturated heterocycles. The SMILES string of the molecule is CCc1cc2c(Cl)nc(SC)nc2n1Cc1cccc(C(F)(F)F)c1. The topological polar surface area (TPSA) is 30.7 Å². The lowest BCUT2D eigenvalue weighted by Gasteiger charge is -2.12. The summed E-state index contributed by atoms with van der Waals surface area (Å²) in [5.41, 5.74) is 1.49. The Kier molecular flexibility index (Phi) is 4.97. The zero-order valence-electron chi connectivity index (χ0n) is 13.6. The molecule has 0 amide bonds. The first-order valence-corrected chi connectivity index (χ1v) is 9.19. The van der Waals surface area contributed by atoms with Crippen LogP contribution in [0.15, 0.2) is 35.5 Å². The third-order valence-electron chi connectivity index (χ3n) is 3.91. The van der Waals surface area contributed by atoms with Crippen molar-refractivity contribution in [2.75, 3.05) is 6.26 Å². The fourth-order valence-electron chi connectivity index (χ4n) is 2.71. The van der Waals surface area contributed by atoms with Gasteiger partial charge in [-0.3, -0.25) is 0 Å². The Labute approximate surface area is 152 Å². The van der Waals surface area contributed by atoms with Crippen molar-refractivity contribution in [3.63, 3.8) is 0 Å². The third-order valence-corrected chi connectivity index (χ3v) is 4.75. The minimum absolute atomic E-state index is 0.289. The van der Waals surface area contributed by atoms with Crippen LogP contribution in [0.1, 0.15) is 23.7 Å². The van der Waals surface area contributed by atoms with Gasteiger partial charge in [-0.2, -0.15) is 13.2 Å². The van der Waals surface area contributed by atoms with Crippen molar-refractivity contribution in [3.8, 4) is 0 Å². The van der Waals surface area contributed by atoms with Crippen molar-refractivity contribution in [1.29, 1.82) is 0 Å². The standard InChI is InChI=1S/C17H15ClF3N3S/c1-3-12-8-13-14(18)22-16(25-2)23-15(13)24(12)9-10-5-4-6-11(7-10)17(19,20)21/h4-8H,3,9H2,1-2H3. The van der Waals surface area contributed by atoms with E-state index in [1.807, 2.05) is 23.8 Å². The van der Waals surface area contributed by atoms with E-state index in [0.29, 0.717) is 33.3 Å². The molecule has 132 valence electrons. The van der Waals surface area contributed by atoms with Gasteiger partial charge in [0.25, 0.3) is 0 Å². The van der Waals surface area contributed by atoms with Crippen molar-refractivity contribution >= 4 is 34.4 Å². The number of thioether (sulfide) groups is 1. The molecule has 0 N–H and O–H groups in total. The maximum atomic E-state index is 12.9. The molecule has 8 heteroatoms. The number of alkyl halides is 3. The summed E-state index contributed by atoms with van der Waals surface area (Å²) in [7, 11) is 0. The van der Waals surface area contributed by atoms with E-state index >= 15 is 0 Å². The van der Waals surface area contributed by atoms with Crippen LogP contribution in [0.2, 0.25) is 5.15 Å². The highest BCUT2D eigenvalue weighted by atomic mass is 35.5. The van der Waals surface area contributed by atoms with Crippen LogP contribution in [0.5, 0.6) is 0 Å². The summed E-state index contributed by atoms with van der Waals surface area (Å²) in [6.45, 7) is 2.27. The highest BCUT2D eigenvalue weighted by Crippen LogP contribution is 2.31. The molecule has 2 heterocycles. The molecular formula is C17H15ClF3N3S. The van der Waals surface area contributed by atoms with E-state index in [1.165, 1.54) is 23.9 Å². The number of hydrogen-bond acceptors (Lipinski definition) is 3. The van der Waals surface area contributed by atoms with Crippen LogP contribution in [-0.2, 0) is 19.1 Å². The monoisotopic (exact) mass is 385 g/mol. The van der Waals surface area contributed by atoms with Gasteiger partial charge in [-0.15, -0.1) is 0 Å². The Bertz CT molecular complexity index is 921. The van der Waals surface area contributed by atoms with Crippen molar-refractivity contribution in [3.05, 3.63) is 52.3 Å². The summed E-state index contributed by atoms with van der Waals surface area (Å²) in [6, 6.07) is 7.24. The molecule has 0 fully saturated rings. The number of aromatic nitrogens is 3. The van der Waals surface area contributed by atoms with E-state index in [0.717, 1.165) is 11.8 Å². The Hall–Kier alpha value is -1.73. The van der Waals surface area contributed by atoms with E-state index in [-0.39, 0.29) is 6.54 Å². The minimum Gasteiger partial charge on any atom is -0.325 e. The summed E-state index contributed by atoms with van der Waals surface area (Å²) in [4.78, 5) is 8.72. The smallest absolute Gasteiger partial charge is 0.325 e. The molecule has 3 nitrogen and oxygen atoms in total. The summed E-state index contributed by atoms with van der Waals surface area (Å²) < 4.78 is 40.7. The molecule has 0 radical (unpaired) electrons. The Morgan fingerprint density at radius 3 is 2.60 bits per heavy atom. The van der Waals surface area contributed by atoms with E-state index in [4.69, 9.17) is 11.6 Å². The molecule has 0 aliphatic rings. The fourth-order valence-corrected chi connectivity index (χ4v) is 3.34. The zero-order valence-corrected chi connectivity index (χ0v) is 15.1. The average molecular weight is 386 g/mol. The van der Waals surface area contributed by atoms with Crippen molar-refractivity contribution < 1.29 is 13.2 Å². The summed E-state index contributed by atoms with van der Waals surface area (Å²) in [5, 5.41) is 1.60. The van der Waals surface area contributed by atoms with Gasteiger partial charge in [-0.1, -0.05) is 42.4 Å². The van der Waals surface area contributed by atoms with Crippen molar-refractivity contribution in [2.24, 2.45) is 0 Å². The molecule has 3 rings (SSSR count). The number of aryl methyl sites for hydroxylation is 1. The number of nitrogens with zero attached hydrogens (tertiary/aromatic N) is 3. The number of rotatable bonds is 4. The van der Waals surface area contributed by atoms with Gasteiger partial charge in [0.15, 0.2) is 5.16 Å². The maximum Gasteiger partial charge on any atom is 0.416 e. The van der Waals surface area contributed by atoms with Crippen LogP contribution in [-0.4, -0.2) is 20.8 Å². The van der Waals surface area contributed by atoms with Crippen LogP contribution < -0.4 is 0 Å². The highest BCUT2D eigenvalue weighted by molar-refractivity contribution is 7.98. The Morgan fingerprint density at radius 1 is 1.20 bits per heavy atom. The van der Waals surface area contributed by atoms with Gasteiger partial charge in [0.1, 0.15) is 10.8 Å². The molecule has 0 aliphatic carbocycles. The van der Waals surface area contributed by atoms with Crippen molar-refractivity contribution in [2.45, 2.75) is 31.2 Å². The molecule has 0 unspecified atom stereocenters. The predicted octanol–water partition coefficient (Wildman–Crippen LogP) is 5.44. The van der Waals surface area contributed by atoms with Gasteiger partial charge in [0.05, 0.1) is 10.9 Å². The van der Waals surface area contributed by atoms with Crippen LogP contribution in [0.3, 0.4) is 0 Å². The largest absolute Gasteiger partial charge is 0.416 e. The second-order valence-electron chi connectivity index (χ2n) is 5.51. The lowest BCUT2D eigenvalue weighted by atomic mass is 10.1. The van der Waals surface area contributed by atoms with E-state index < -0.39 is 11.7 Å². The number of halogens is 4. The summed E-state index contributed by atoms with van der Waals surface area (Å²) >= 11 is 7.61. The van der Waals surface area contributed by atoms with Crippen LogP contribution in [0, 0.1) is 0 Å². The quantitative estimate of drug-likeness (QED) is 0.340. The number of fused-ring (bicyclic) bond motifs is 1. The van der Waals surface area contributed by atoms with Gasteiger partial charge in [-0.05, 0) is 36.4 Å². The van der Waals surface area contributed by atoms with E-state index in [9.17, 15) is 13.2 Å². The molecule has 0 saturated carbocycles. The first kappa shape index (κ1) is 18.1. The Morgan fingerprint density at radius 2 is 1.96 bits per heavy atom. The summed E-state index contributed by atoms with van der Waals surface area (Å²) in [6.07, 6.45) is -1.81. The zero-order chi connectivity index (χ0) is 18.2. The lowest BCUT2D eigenvalue weighted by molar-refractivity contribution is -0.137. The minimum atomic E-state index is -4.36. The maximum absolute atomic E-state index is 12.9. The molecule has 3 aromatic rings. The van der Waals surface area contributed by atoms with Crippen LogP contribution >= 0.6 is 23.4 Å². The second kappa shape index (κ2) is 6.88. The highest BCUT2D eigenvalue weighted by Gasteiger charge is 2.30. The van der Waals surface area contributed by atoms with Gasteiger partial charge >= 0.3 is 6.18 Å². The number of benzene rings is 1. The number of hydrogen-bond donors (Lipinski definition) is 0. The Balaban J connectivity index is 2.11. The van der Waals surface area contributed by atoms with Crippen LogP contribution in [0.4, 0.5) is 13.2 Å². The first-order valence-electron chi connectivity index (χ1n) is 7.59. The third kappa shape index (κ3) is 3.62. The first-order chi connectivity index (χ1) is 11.8. The molecule has 1 aromatic carbocycles.